The van der Waals surface area contributed by atoms with E-state index >= 15 is 0 Å². The lowest BCUT2D eigenvalue weighted by molar-refractivity contribution is 0.0996. The monoisotopic (exact) mass is 277 g/mol. The lowest BCUT2D eigenvalue weighted by Gasteiger charge is -2.21. The molecule has 1 aliphatic rings. The molecule has 0 aromatic heterocycles. The summed E-state index contributed by atoms with van der Waals surface area (Å²) in [6.07, 6.45) is 6.32. The number of hydrogen-bond acceptors (Lipinski definition) is 3. The van der Waals surface area contributed by atoms with Gasteiger partial charge < -0.3 is 14.8 Å². The van der Waals surface area contributed by atoms with Gasteiger partial charge in [0.15, 0.2) is 0 Å². The normalized spacial score (nSPS) is 20.0. The van der Waals surface area contributed by atoms with E-state index in [-0.39, 0.29) is 0 Å². The van der Waals surface area contributed by atoms with Crippen molar-refractivity contribution in [2.24, 2.45) is 0 Å². The Morgan fingerprint density at radius 3 is 3.05 bits per heavy atom. The molecule has 2 atom stereocenters. The standard InChI is InChI=1S/C17H27NO2/c1-3-11-18-17(10-9-15-8-5-12-20-15)14-6-4-7-16(13-14)19-2/h4,6-7,13,15,17-18H,3,5,8-12H2,1-2H3. The fourth-order valence-corrected chi connectivity index (χ4v) is 2.79. The van der Waals surface area contributed by atoms with Gasteiger partial charge in [-0.1, -0.05) is 19.1 Å². The van der Waals surface area contributed by atoms with Crippen LogP contribution in [-0.4, -0.2) is 26.4 Å². The van der Waals surface area contributed by atoms with Crippen LogP contribution in [0.25, 0.3) is 0 Å². The first-order chi connectivity index (χ1) is 9.83. The molecule has 2 unspecified atom stereocenters. The predicted molar refractivity (Wildman–Crippen MR) is 82.2 cm³/mol. The molecule has 0 bridgehead atoms. The summed E-state index contributed by atoms with van der Waals surface area (Å²) >= 11 is 0. The number of hydrogen-bond donors (Lipinski definition) is 1. The third-order valence-electron chi connectivity index (χ3n) is 3.94. The van der Waals surface area contributed by atoms with E-state index in [1.807, 2.05) is 6.07 Å². The van der Waals surface area contributed by atoms with Gasteiger partial charge in [0.25, 0.3) is 0 Å². The smallest absolute Gasteiger partial charge is 0.119 e. The average Bonchev–Trinajstić information content (AvgIpc) is 3.01. The van der Waals surface area contributed by atoms with Crippen molar-refractivity contribution in [1.82, 2.24) is 5.32 Å². The highest BCUT2D eigenvalue weighted by Gasteiger charge is 2.18. The second-order valence-electron chi connectivity index (χ2n) is 5.50. The van der Waals surface area contributed by atoms with Gasteiger partial charge in [-0.15, -0.1) is 0 Å². The SMILES string of the molecule is CCCNC(CCC1CCCO1)c1cccc(OC)c1. The third-order valence-corrected chi connectivity index (χ3v) is 3.94. The summed E-state index contributed by atoms with van der Waals surface area (Å²) in [4.78, 5) is 0. The first-order valence-corrected chi connectivity index (χ1v) is 7.82. The van der Waals surface area contributed by atoms with Crippen LogP contribution in [0.15, 0.2) is 24.3 Å². The van der Waals surface area contributed by atoms with Crippen LogP contribution in [0.5, 0.6) is 5.75 Å². The molecule has 1 heterocycles. The third kappa shape index (κ3) is 4.50. The lowest BCUT2D eigenvalue weighted by atomic mass is 9.99. The minimum atomic E-state index is 0.397. The van der Waals surface area contributed by atoms with Crippen molar-refractivity contribution in [3.63, 3.8) is 0 Å². The molecule has 1 N–H and O–H groups in total. The summed E-state index contributed by atoms with van der Waals surface area (Å²) in [5.74, 6) is 0.933. The molecule has 0 amide bonds. The predicted octanol–water partition coefficient (Wildman–Crippen LogP) is 3.70. The molecule has 1 saturated heterocycles. The summed E-state index contributed by atoms with van der Waals surface area (Å²) in [5.41, 5.74) is 1.32. The van der Waals surface area contributed by atoms with Crippen molar-refractivity contribution in [2.45, 2.75) is 51.2 Å². The minimum Gasteiger partial charge on any atom is -0.497 e. The van der Waals surface area contributed by atoms with Crippen LogP contribution in [0.3, 0.4) is 0 Å². The molecule has 1 fully saturated rings. The van der Waals surface area contributed by atoms with E-state index in [1.54, 1.807) is 7.11 Å². The lowest BCUT2D eigenvalue weighted by Crippen LogP contribution is -2.23. The molecular weight excluding hydrogens is 250 g/mol. The van der Waals surface area contributed by atoms with E-state index in [9.17, 15) is 0 Å². The Hall–Kier alpha value is -1.06. The van der Waals surface area contributed by atoms with Gasteiger partial charge in [0.05, 0.1) is 13.2 Å². The van der Waals surface area contributed by atoms with E-state index in [2.05, 4.69) is 30.4 Å². The van der Waals surface area contributed by atoms with Crippen LogP contribution in [0, 0.1) is 0 Å². The van der Waals surface area contributed by atoms with Crippen LogP contribution in [-0.2, 0) is 4.74 Å². The zero-order valence-corrected chi connectivity index (χ0v) is 12.7. The summed E-state index contributed by atoms with van der Waals surface area (Å²) in [7, 11) is 1.72. The van der Waals surface area contributed by atoms with E-state index in [4.69, 9.17) is 9.47 Å². The Kier molecular flexibility index (Phi) is 6.34. The number of methoxy groups -OCH3 is 1. The van der Waals surface area contributed by atoms with Crippen LogP contribution in [0.2, 0.25) is 0 Å². The minimum absolute atomic E-state index is 0.397. The Bertz CT molecular complexity index is 388. The highest BCUT2D eigenvalue weighted by atomic mass is 16.5. The molecule has 1 aromatic carbocycles. The molecule has 0 saturated carbocycles. The molecule has 20 heavy (non-hydrogen) atoms. The first kappa shape index (κ1) is 15.3. The van der Waals surface area contributed by atoms with Gasteiger partial charge in [-0.05, 0) is 56.3 Å². The van der Waals surface area contributed by atoms with Crippen molar-refractivity contribution in [1.29, 1.82) is 0 Å². The van der Waals surface area contributed by atoms with Crippen molar-refractivity contribution >= 4 is 0 Å². The second kappa shape index (κ2) is 8.28. The molecule has 0 radical (unpaired) electrons. The molecule has 3 heteroatoms. The molecule has 3 nitrogen and oxygen atoms in total. The van der Waals surface area contributed by atoms with Gasteiger partial charge in [0.1, 0.15) is 5.75 Å². The van der Waals surface area contributed by atoms with Crippen LogP contribution < -0.4 is 10.1 Å². The fraction of sp³-hybridized carbons (Fsp3) is 0.647. The van der Waals surface area contributed by atoms with E-state index in [0.717, 1.165) is 38.2 Å². The second-order valence-corrected chi connectivity index (χ2v) is 5.50. The summed E-state index contributed by atoms with van der Waals surface area (Å²) < 4.78 is 11.1. The van der Waals surface area contributed by atoms with E-state index < -0.39 is 0 Å². The Morgan fingerprint density at radius 1 is 1.45 bits per heavy atom. The topological polar surface area (TPSA) is 30.5 Å². The van der Waals surface area contributed by atoms with Gasteiger partial charge in [-0.25, -0.2) is 0 Å². The summed E-state index contributed by atoms with van der Waals surface area (Å²) in [6.45, 7) is 4.19. The van der Waals surface area contributed by atoms with E-state index in [0.29, 0.717) is 12.1 Å². The zero-order valence-electron chi connectivity index (χ0n) is 12.7. The van der Waals surface area contributed by atoms with Crippen LogP contribution in [0.4, 0.5) is 0 Å². The van der Waals surface area contributed by atoms with Gasteiger partial charge in [0.2, 0.25) is 0 Å². The Morgan fingerprint density at radius 2 is 2.35 bits per heavy atom. The maximum Gasteiger partial charge on any atom is 0.119 e. The van der Waals surface area contributed by atoms with Crippen molar-refractivity contribution in [3.05, 3.63) is 29.8 Å². The molecule has 1 aromatic rings. The van der Waals surface area contributed by atoms with Crippen LogP contribution in [0.1, 0.15) is 50.6 Å². The maximum atomic E-state index is 5.74. The quantitative estimate of drug-likeness (QED) is 0.786. The largest absolute Gasteiger partial charge is 0.497 e. The van der Waals surface area contributed by atoms with Gasteiger partial charge in [-0.2, -0.15) is 0 Å². The Balaban J connectivity index is 1.97. The van der Waals surface area contributed by atoms with Crippen LogP contribution >= 0.6 is 0 Å². The summed E-state index contributed by atoms with van der Waals surface area (Å²) in [6, 6.07) is 8.80. The zero-order chi connectivity index (χ0) is 14.2. The van der Waals surface area contributed by atoms with Crippen molar-refractivity contribution in [3.8, 4) is 5.75 Å². The van der Waals surface area contributed by atoms with Gasteiger partial charge in [0, 0.05) is 12.6 Å². The molecule has 0 aliphatic carbocycles. The molecule has 0 spiro atoms. The molecular formula is C17H27NO2. The number of ether oxygens (including phenoxy) is 2. The highest BCUT2D eigenvalue weighted by molar-refractivity contribution is 5.30. The number of rotatable bonds is 8. The number of nitrogens with one attached hydrogen (secondary N) is 1. The summed E-state index contributed by atoms with van der Waals surface area (Å²) in [5, 5.41) is 3.65. The fourth-order valence-electron chi connectivity index (χ4n) is 2.79. The van der Waals surface area contributed by atoms with E-state index in [1.165, 1.54) is 18.4 Å². The number of benzene rings is 1. The first-order valence-electron chi connectivity index (χ1n) is 7.82. The average molecular weight is 277 g/mol. The maximum absolute atomic E-state index is 5.74. The van der Waals surface area contributed by atoms with Gasteiger partial charge in [-0.3, -0.25) is 0 Å². The van der Waals surface area contributed by atoms with Crippen molar-refractivity contribution in [2.75, 3.05) is 20.3 Å². The molecule has 2 rings (SSSR count). The van der Waals surface area contributed by atoms with Crippen molar-refractivity contribution < 1.29 is 9.47 Å². The molecule has 112 valence electrons. The highest BCUT2D eigenvalue weighted by Crippen LogP contribution is 2.26. The van der Waals surface area contributed by atoms with Gasteiger partial charge >= 0.3 is 0 Å². The molecule has 1 aliphatic heterocycles. The Labute approximate surface area is 122 Å².